The van der Waals surface area contributed by atoms with E-state index in [1.54, 1.807) is 18.2 Å². The van der Waals surface area contributed by atoms with E-state index in [1.165, 1.54) is 0 Å². The maximum atomic E-state index is 12.1. The Morgan fingerprint density at radius 2 is 2.30 bits per heavy atom. The van der Waals surface area contributed by atoms with Gasteiger partial charge in [-0.3, -0.25) is 4.79 Å². The fourth-order valence-electron chi connectivity index (χ4n) is 2.23. The molecular formula is C15H20N2O3. The van der Waals surface area contributed by atoms with Gasteiger partial charge in [-0.15, -0.1) is 0 Å². The van der Waals surface area contributed by atoms with Crippen LogP contribution in [0, 0.1) is 5.92 Å². The lowest BCUT2D eigenvalue weighted by molar-refractivity contribution is -0.118. The van der Waals surface area contributed by atoms with Crippen molar-refractivity contribution in [2.24, 2.45) is 11.7 Å². The van der Waals surface area contributed by atoms with Gasteiger partial charge in [0.2, 0.25) is 5.91 Å². The van der Waals surface area contributed by atoms with Crippen LogP contribution in [0.2, 0.25) is 0 Å². The number of nitrogens with one attached hydrogen (secondary N) is 1. The number of ether oxygens (including phenoxy) is 1. The van der Waals surface area contributed by atoms with Crippen molar-refractivity contribution in [1.29, 1.82) is 0 Å². The van der Waals surface area contributed by atoms with Crippen molar-refractivity contribution in [3.8, 4) is 5.75 Å². The minimum Gasteiger partial charge on any atom is -0.494 e. The minimum atomic E-state index is -0.186. The molecule has 0 spiro atoms. The summed E-state index contributed by atoms with van der Waals surface area (Å²) in [4.78, 5) is 12.1. The van der Waals surface area contributed by atoms with Gasteiger partial charge in [0.05, 0.1) is 19.1 Å². The lowest BCUT2D eigenvalue weighted by Crippen LogP contribution is -2.24. The van der Waals surface area contributed by atoms with Crippen LogP contribution in [-0.2, 0) is 11.4 Å². The first kappa shape index (κ1) is 14.6. The van der Waals surface area contributed by atoms with Gasteiger partial charge in [0.25, 0.3) is 0 Å². The lowest BCUT2D eigenvalue weighted by Gasteiger charge is -2.13. The van der Waals surface area contributed by atoms with Crippen LogP contribution in [0.4, 0.5) is 5.69 Å². The van der Waals surface area contributed by atoms with Crippen molar-refractivity contribution < 1.29 is 14.6 Å². The molecule has 1 aliphatic carbocycles. The van der Waals surface area contributed by atoms with Gasteiger partial charge < -0.3 is 20.9 Å². The summed E-state index contributed by atoms with van der Waals surface area (Å²) in [6.07, 6.45) is 4.32. The Bertz CT molecular complexity index is 514. The fourth-order valence-corrected chi connectivity index (χ4v) is 2.23. The van der Waals surface area contributed by atoms with Gasteiger partial charge in [-0.25, -0.2) is 0 Å². The van der Waals surface area contributed by atoms with Crippen molar-refractivity contribution in [2.45, 2.75) is 26.0 Å². The van der Waals surface area contributed by atoms with Gasteiger partial charge in [-0.1, -0.05) is 12.2 Å². The number of carbonyl (C=O) groups excluding carboxylic acids is 1. The highest BCUT2D eigenvalue weighted by Crippen LogP contribution is 2.24. The second-order valence-electron chi connectivity index (χ2n) is 4.79. The van der Waals surface area contributed by atoms with E-state index in [1.807, 2.05) is 19.1 Å². The smallest absolute Gasteiger partial charge is 0.231 e. The largest absolute Gasteiger partial charge is 0.494 e. The second-order valence-corrected chi connectivity index (χ2v) is 4.79. The van der Waals surface area contributed by atoms with E-state index in [0.29, 0.717) is 30.0 Å². The summed E-state index contributed by atoms with van der Waals surface area (Å²) in [6.45, 7) is 2.28. The van der Waals surface area contributed by atoms with E-state index in [4.69, 9.17) is 10.5 Å². The van der Waals surface area contributed by atoms with Crippen LogP contribution in [0.1, 0.15) is 18.9 Å². The Hall–Kier alpha value is -1.85. The SMILES string of the molecule is CCOc1ccc(NC(=O)C2C=CC(N)C2)cc1CO. The van der Waals surface area contributed by atoms with Crippen molar-refractivity contribution in [3.05, 3.63) is 35.9 Å². The number of anilines is 1. The Morgan fingerprint density at radius 3 is 2.90 bits per heavy atom. The molecule has 1 amide bonds. The first-order chi connectivity index (χ1) is 9.63. The molecule has 5 nitrogen and oxygen atoms in total. The highest BCUT2D eigenvalue weighted by molar-refractivity contribution is 5.94. The second kappa shape index (κ2) is 6.54. The van der Waals surface area contributed by atoms with E-state index in [-0.39, 0.29) is 24.5 Å². The van der Waals surface area contributed by atoms with Gasteiger partial charge in [0.15, 0.2) is 0 Å². The monoisotopic (exact) mass is 276 g/mol. The third-order valence-electron chi connectivity index (χ3n) is 3.25. The fraction of sp³-hybridized carbons (Fsp3) is 0.400. The first-order valence-corrected chi connectivity index (χ1v) is 6.75. The normalized spacial score (nSPS) is 20.9. The van der Waals surface area contributed by atoms with E-state index in [9.17, 15) is 9.90 Å². The van der Waals surface area contributed by atoms with Crippen molar-refractivity contribution in [3.63, 3.8) is 0 Å². The lowest BCUT2D eigenvalue weighted by atomic mass is 10.1. The quantitative estimate of drug-likeness (QED) is 0.710. The van der Waals surface area contributed by atoms with E-state index < -0.39 is 0 Å². The van der Waals surface area contributed by atoms with Crippen LogP contribution in [0.25, 0.3) is 0 Å². The number of nitrogens with two attached hydrogens (primary N) is 1. The first-order valence-electron chi connectivity index (χ1n) is 6.75. The number of hydrogen-bond acceptors (Lipinski definition) is 4. The zero-order chi connectivity index (χ0) is 14.5. The van der Waals surface area contributed by atoms with Gasteiger partial charge >= 0.3 is 0 Å². The van der Waals surface area contributed by atoms with Crippen LogP contribution < -0.4 is 15.8 Å². The molecule has 0 bridgehead atoms. The molecule has 2 unspecified atom stereocenters. The Kier molecular flexibility index (Phi) is 4.76. The molecule has 0 aromatic heterocycles. The van der Waals surface area contributed by atoms with E-state index in [2.05, 4.69) is 5.32 Å². The third kappa shape index (κ3) is 3.37. The molecule has 4 N–H and O–H groups in total. The average Bonchev–Trinajstić information content (AvgIpc) is 2.87. The number of carbonyl (C=O) groups is 1. The number of aliphatic hydroxyl groups is 1. The summed E-state index contributed by atoms with van der Waals surface area (Å²) in [5, 5.41) is 12.2. The summed E-state index contributed by atoms with van der Waals surface area (Å²) >= 11 is 0. The predicted octanol–water partition coefficient (Wildman–Crippen LogP) is 1.42. The summed E-state index contributed by atoms with van der Waals surface area (Å²) in [7, 11) is 0. The van der Waals surface area contributed by atoms with Gasteiger partial charge in [0.1, 0.15) is 5.75 Å². The van der Waals surface area contributed by atoms with Crippen LogP contribution in [-0.4, -0.2) is 23.7 Å². The molecule has 0 heterocycles. The van der Waals surface area contributed by atoms with Crippen LogP contribution in [0.3, 0.4) is 0 Å². The molecule has 108 valence electrons. The average molecular weight is 276 g/mol. The molecule has 0 saturated heterocycles. The topological polar surface area (TPSA) is 84.6 Å². The highest BCUT2D eigenvalue weighted by atomic mass is 16.5. The van der Waals surface area contributed by atoms with Crippen molar-refractivity contribution in [2.75, 3.05) is 11.9 Å². The van der Waals surface area contributed by atoms with Crippen LogP contribution in [0.5, 0.6) is 5.75 Å². The molecule has 2 atom stereocenters. The third-order valence-corrected chi connectivity index (χ3v) is 3.25. The molecule has 0 aliphatic heterocycles. The van der Waals surface area contributed by atoms with E-state index >= 15 is 0 Å². The molecule has 0 fully saturated rings. The maximum absolute atomic E-state index is 12.1. The molecule has 1 aliphatic rings. The molecule has 20 heavy (non-hydrogen) atoms. The molecule has 0 saturated carbocycles. The van der Waals surface area contributed by atoms with Gasteiger partial charge in [-0.05, 0) is 31.5 Å². The van der Waals surface area contributed by atoms with Crippen LogP contribution in [0.15, 0.2) is 30.4 Å². The number of amides is 1. The number of aliphatic hydroxyl groups excluding tert-OH is 1. The summed E-state index contributed by atoms with van der Waals surface area (Å²) in [6, 6.07) is 5.20. The van der Waals surface area contributed by atoms with Gasteiger partial charge in [-0.2, -0.15) is 0 Å². The standard InChI is InChI=1S/C15H20N2O3/c1-2-20-14-6-5-13(8-11(14)9-18)17-15(19)10-3-4-12(16)7-10/h3-6,8,10,12,18H,2,7,9,16H2,1H3,(H,17,19). The molecule has 5 heteroatoms. The summed E-state index contributed by atoms with van der Waals surface area (Å²) in [5.74, 6) is 0.368. The highest BCUT2D eigenvalue weighted by Gasteiger charge is 2.22. The zero-order valence-corrected chi connectivity index (χ0v) is 11.5. The van der Waals surface area contributed by atoms with Gasteiger partial charge in [0, 0.05) is 17.3 Å². The molecule has 0 radical (unpaired) electrons. The van der Waals surface area contributed by atoms with Crippen molar-refractivity contribution in [1.82, 2.24) is 0 Å². The molecule has 2 rings (SSSR count). The van der Waals surface area contributed by atoms with Crippen molar-refractivity contribution >= 4 is 11.6 Å². The predicted molar refractivity (Wildman–Crippen MR) is 77.4 cm³/mol. The minimum absolute atomic E-state index is 0.0425. The molecular weight excluding hydrogens is 256 g/mol. The Balaban J connectivity index is 2.06. The zero-order valence-electron chi connectivity index (χ0n) is 11.5. The van der Waals surface area contributed by atoms with E-state index in [0.717, 1.165) is 0 Å². The summed E-state index contributed by atoms with van der Waals surface area (Å²) in [5.41, 5.74) is 7.04. The Morgan fingerprint density at radius 1 is 1.50 bits per heavy atom. The number of benzene rings is 1. The Labute approximate surface area is 118 Å². The summed E-state index contributed by atoms with van der Waals surface area (Å²) < 4.78 is 5.40. The number of hydrogen-bond donors (Lipinski definition) is 3. The molecule has 1 aromatic rings. The van der Waals surface area contributed by atoms with Crippen LogP contribution >= 0.6 is 0 Å². The maximum Gasteiger partial charge on any atom is 0.231 e. The number of rotatable bonds is 5. The molecule has 1 aromatic carbocycles.